The maximum Gasteiger partial charge on any atom is 0.416 e. The van der Waals surface area contributed by atoms with E-state index in [1.54, 1.807) is 0 Å². The molecule has 22 heavy (non-hydrogen) atoms. The van der Waals surface area contributed by atoms with Crippen LogP contribution in [0.5, 0.6) is 5.75 Å². The number of benzene rings is 2. The number of alkyl halides is 3. The second-order valence-corrected chi connectivity index (χ2v) is 4.48. The Bertz CT molecular complexity index is 698. The van der Waals surface area contributed by atoms with Gasteiger partial charge >= 0.3 is 6.18 Å². The second kappa shape index (κ2) is 6.05. The third-order valence-corrected chi connectivity index (χ3v) is 2.89. The molecule has 0 bridgehead atoms. The standard InChI is InChI=1S/C15H11F4NO2/c16-13-5-4-11(15(17,18)19)6-10(13)8-22-12-3-1-2-9(7-12)14(20)21/h1-7H,8H2,(H2,20,21). The fraction of sp³-hybridized carbons (Fsp3) is 0.133. The molecule has 0 radical (unpaired) electrons. The van der Waals surface area contributed by atoms with Crippen LogP contribution in [0.15, 0.2) is 42.5 Å². The average molecular weight is 313 g/mol. The molecule has 0 aromatic heterocycles. The molecule has 2 aromatic rings. The zero-order valence-corrected chi connectivity index (χ0v) is 11.2. The molecular weight excluding hydrogens is 302 g/mol. The predicted octanol–water partition coefficient (Wildman–Crippen LogP) is 3.52. The molecule has 2 N–H and O–H groups in total. The summed E-state index contributed by atoms with van der Waals surface area (Å²) in [6.07, 6.45) is -4.56. The Balaban J connectivity index is 2.18. The first-order valence-electron chi connectivity index (χ1n) is 6.15. The molecule has 0 saturated heterocycles. The highest BCUT2D eigenvalue weighted by molar-refractivity contribution is 5.93. The number of halogens is 4. The molecule has 0 heterocycles. The monoisotopic (exact) mass is 313 g/mol. The molecular formula is C15H11F4NO2. The van der Waals surface area contributed by atoms with E-state index >= 15 is 0 Å². The molecule has 0 aliphatic rings. The van der Waals surface area contributed by atoms with Crippen LogP contribution in [-0.2, 0) is 12.8 Å². The Labute approximate surface area is 123 Å². The van der Waals surface area contributed by atoms with Crippen LogP contribution in [0, 0.1) is 5.82 Å². The summed E-state index contributed by atoms with van der Waals surface area (Å²) in [5.74, 6) is -1.28. The number of hydrogen-bond donors (Lipinski definition) is 1. The second-order valence-electron chi connectivity index (χ2n) is 4.48. The van der Waals surface area contributed by atoms with Gasteiger partial charge in [-0.3, -0.25) is 4.79 Å². The van der Waals surface area contributed by atoms with Crippen LogP contribution in [0.2, 0.25) is 0 Å². The summed E-state index contributed by atoms with van der Waals surface area (Å²) in [6.45, 7) is -0.405. The molecule has 0 atom stereocenters. The van der Waals surface area contributed by atoms with Crippen molar-refractivity contribution < 1.29 is 27.1 Å². The number of amides is 1. The molecule has 0 unspecified atom stereocenters. The minimum atomic E-state index is -4.56. The van der Waals surface area contributed by atoms with Crippen molar-refractivity contribution in [2.75, 3.05) is 0 Å². The first-order chi connectivity index (χ1) is 10.3. The van der Waals surface area contributed by atoms with E-state index in [0.29, 0.717) is 12.1 Å². The van der Waals surface area contributed by atoms with E-state index in [0.717, 1.165) is 6.07 Å². The molecule has 3 nitrogen and oxygen atoms in total. The van der Waals surface area contributed by atoms with Crippen LogP contribution in [0.1, 0.15) is 21.5 Å². The summed E-state index contributed by atoms with van der Waals surface area (Å²) >= 11 is 0. The molecule has 0 aliphatic heterocycles. The van der Waals surface area contributed by atoms with E-state index in [-0.39, 0.29) is 16.9 Å². The van der Waals surface area contributed by atoms with Crippen molar-refractivity contribution >= 4 is 5.91 Å². The lowest BCUT2D eigenvalue weighted by Crippen LogP contribution is -2.11. The third-order valence-electron chi connectivity index (χ3n) is 2.89. The van der Waals surface area contributed by atoms with Crippen molar-refractivity contribution in [2.45, 2.75) is 12.8 Å². The number of hydrogen-bond acceptors (Lipinski definition) is 2. The van der Waals surface area contributed by atoms with E-state index in [4.69, 9.17) is 10.5 Å². The van der Waals surface area contributed by atoms with E-state index < -0.39 is 30.1 Å². The minimum absolute atomic E-state index is 0.182. The summed E-state index contributed by atoms with van der Waals surface area (Å²) in [5.41, 5.74) is 4.09. The van der Waals surface area contributed by atoms with E-state index in [9.17, 15) is 22.4 Å². The van der Waals surface area contributed by atoms with Crippen molar-refractivity contribution in [1.82, 2.24) is 0 Å². The van der Waals surface area contributed by atoms with Crippen molar-refractivity contribution in [2.24, 2.45) is 5.73 Å². The fourth-order valence-corrected chi connectivity index (χ4v) is 1.76. The largest absolute Gasteiger partial charge is 0.489 e. The van der Waals surface area contributed by atoms with Gasteiger partial charge in [0.2, 0.25) is 5.91 Å². The highest BCUT2D eigenvalue weighted by Crippen LogP contribution is 2.30. The predicted molar refractivity (Wildman–Crippen MR) is 70.7 cm³/mol. The van der Waals surface area contributed by atoms with E-state index in [2.05, 4.69) is 0 Å². The summed E-state index contributed by atoms with van der Waals surface area (Å²) in [5, 5.41) is 0. The normalized spacial score (nSPS) is 11.3. The van der Waals surface area contributed by atoms with Gasteiger partial charge in [-0.1, -0.05) is 6.07 Å². The first kappa shape index (κ1) is 15.8. The highest BCUT2D eigenvalue weighted by Gasteiger charge is 2.31. The van der Waals surface area contributed by atoms with Gasteiger partial charge in [0.1, 0.15) is 18.2 Å². The summed E-state index contributed by atoms with van der Waals surface area (Å²) in [6, 6.07) is 7.85. The lowest BCUT2D eigenvalue weighted by atomic mass is 10.1. The number of nitrogens with two attached hydrogens (primary N) is 1. The van der Waals surface area contributed by atoms with E-state index in [1.165, 1.54) is 24.3 Å². The number of rotatable bonds is 4. The lowest BCUT2D eigenvalue weighted by molar-refractivity contribution is -0.137. The Morgan fingerprint density at radius 1 is 1.14 bits per heavy atom. The van der Waals surface area contributed by atoms with Crippen molar-refractivity contribution in [3.05, 3.63) is 65.0 Å². The number of ether oxygens (including phenoxy) is 1. The van der Waals surface area contributed by atoms with Gasteiger partial charge in [0.15, 0.2) is 0 Å². The Morgan fingerprint density at radius 2 is 1.86 bits per heavy atom. The highest BCUT2D eigenvalue weighted by atomic mass is 19.4. The molecule has 1 amide bonds. The van der Waals surface area contributed by atoms with Crippen LogP contribution >= 0.6 is 0 Å². The quantitative estimate of drug-likeness (QED) is 0.878. The smallest absolute Gasteiger partial charge is 0.416 e. The molecule has 0 aliphatic carbocycles. The Hall–Kier alpha value is -2.57. The van der Waals surface area contributed by atoms with Crippen molar-refractivity contribution in [3.8, 4) is 5.75 Å². The maximum atomic E-state index is 13.5. The van der Waals surface area contributed by atoms with Crippen LogP contribution < -0.4 is 10.5 Å². The zero-order valence-electron chi connectivity index (χ0n) is 11.2. The van der Waals surface area contributed by atoms with Gasteiger partial charge in [-0.05, 0) is 36.4 Å². The van der Waals surface area contributed by atoms with Gasteiger partial charge in [0.05, 0.1) is 5.56 Å². The summed E-state index contributed by atoms with van der Waals surface area (Å²) < 4.78 is 56.5. The number of carbonyl (C=O) groups excluding carboxylic acids is 1. The molecule has 2 aromatic carbocycles. The first-order valence-corrected chi connectivity index (χ1v) is 6.15. The molecule has 2 rings (SSSR count). The van der Waals surface area contributed by atoms with Crippen LogP contribution in [0.3, 0.4) is 0 Å². The SMILES string of the molecule is NC(=O)c1cccc(OCc2cc(C(F)(F)F)ccc2F)c1. The van der Waals surface area contributed by atoms with Crippen molar-refractivity contribution in [3.63, 3.8) is 0 Å². The van der Waals surface area contributed by atoms with Gasteiger partial charge in [0.25, 0.3) is 0 Å². The van der Waals surface area contributed by atoms with Gasteiger partial charge in [-0.2, -0.15) is 13.2 Å². The van der Waals surface area contributed by atoms with Crippen LogP contribution in [-0.4, -0.2) is 5.91 Å². The molecule has 0 spiro atoms. The Morgan fingerprint density at radius 3 is 2.50 bits per heavy atom. The van der Waals surface area contributed by atoms with Gasteiger partial charge < -0.3 is 10.5 Å². The zero-order chi connectivity index (χ0) is 16.3. The maximum absolute atomic E-state index is 13.5. The van der Waals surface area contributed by atoms with E-state index in [1.807, 2.05) is 0 Å². The fourth-order valence-electron chi connectivity index (χ4n) is 1.76. The lowest BCUT2D eigenvalue weighted by Gasteiger charge is -2.11. The number of carbonyl (C=O) groups is 1. The molecule has 0 saturated carbocycles. The van der Waals surface area contributed by atoms with Gasteiger partial charge in [-0.25, -0.2) is 4.39 Å². The third kappa shape index (κ3) is 3.75. The molecule has 7 heteroatoms. The van der Waals surface area contributed by atoms with Crippen LogP contribution in [0.4, 0.5) is 17.6 Å². The summed E-state index contributed by atoms with van der Waals surface area (Å²) in [7, 11) is 0. The topological polar surface area (TPSA) is 52.3 Å². The number of primary amides is 1. The molecule has 116 valence electrons. The van der Waals surface area contributed by atoms with Gasteiger partial charge in [0, 0.05) is 11.1 Å². The molecule has 0 fully saturated rings. The minimum Gasteiger partial charge on any atom is -0.489 e. The Kier molecular flexibility index (Phi) is 4.35. The average Bonchev–Trinajstić information content (AvgIpc) is 2.45. The van der Waals surface area contributed by atoms with Crippen molar-refractivity contribution in [1.29, 1.82) is 0 Å². The summed E-state index contributed by atoms with van der Waals surface area (Å²) in [4.78, 5) is 11.0. The van der Waals surface area contributed by atoms with Gasteiger partial charge in [-0.15, -0.1) is 0 Å². The van der Waals surface area contributed by atoms with Crippen LogP contribution in [0.25, 0.3) is 0 Å².